The highest BCUT2D eigenvalue weighted by atomic mass is 16.1. The summed E-state index contributed by atoms with van der Waals surface area (Å²) in [4.78, 5) is 18.4. The van der Waals surface area contributed by atoms with E-state index in [2.05, 4.69) is 20.4 Å². The summed E-state index contributed by atoms with van der Waals surface area (Å²) >= 11 is 0. The number of fused-ring (bicyclic) bond motifs is 1. The average molecular weight is 259 g/mol. The Bertz CT molecular complexity index is 645. The number of nitrogens with two attached hydrogens (primary N) is 1. The molecule has 2 heterocycles. The van der Waals surface area contributed by atoms with Crippen LogP contribution in [0.15, 0.2) is 23.3 Å². The van der Waals surface area contributed by atoms with Gasteiger partial charge < -0.3 is 16.1 Å². The minimum Gasteiger partial charge on any atom is -0.397 e. The standard InChI is InChI=1S/C13H17N5O/c14-10-6-9-11(15-8-16-13(9)19)7-12(10)17-18-4-2-1-3-5-18/h6-8,17H,1-5,14H2,(H,15,16,19). The summed E-state index contributed by atoms with van der Waals surface area (Å²) in [7, 11) is 0. The molecule has 1 aliphatic rings. The predicted octanol–water partition coefficient (Wildman–Crippen LogP) is 1.32. The highest BCUT2D eigenvalue weighted by molar-refractivity contribution is 5.87. The monoisotopic (exact) mass is 259 g/mol. The molecule has 0 bridgehead atoms. The lowest BCUT2D eigenvalue weighted by Crippen LogP contribution is -2.35. The van der Waals surface area contributed by atoms with Crippen LogP contribution >= 0.6 is 0 Å². The molecule has 0 radical (unpaired) electrons. The van der Waals surface area contributed by atoms with E-state index in [4.69, 9.17) is 5.73 Å². The van der Waals surface area contributed by atoms with Gasteiger partial charge in [0.25, 0.3) is 5.56 Å². The van der Waals surface area contributed by atoms with Crippen LogP contribution in [0, 0.1) is 0 Å². The lowest BCUT2D eigenvalue weighted by molar-refractivity contribution is 0.273. The van der Waals surface area contributed by atoms with E-state index in [0.29, 0.717) is 16.6 Å². The molecule has 3 rings (SSSR count). The van der Waals surface area contributed by atoms with Gasteiger partial charge in [0, 0.05) is 13.1 Å². The molecule has 0 unspecified atom stereocenters. The van der Waals surface area contributed by atoms with Gasteiger partial charge in [-0.25, -0.2) is 9.99 Å². The van der Waals surface area contributed by atoms with Crippen LogP contribution in [0.1, 0.15) is 19.3 Å². The van der Waals surface area contributed by atoms with Crippen LogP contribution in [0.2, 0.25) is 0 Å². The number of rotatable bonds is 2. The Morgan fingerprint density at radius 2 is 2.05 bits per heavy atom. The van der Waals surface area contributed by atoms with Crippen LogP contribution in [-0.2, 0) is 0 Å². The van der Waals surface area contributed by atoms with Crippen LogP contribution in [0.5, 0.6) is 0 Å². The van der Waals surface area contributed by atoms with Crippen molar-refractivity contribution in [2.45, 2.75) is 19.3 Å². The van der Waals surface area contributed by atoms with Gasteiger partial charge in [0.05, 0.1) is 28.6 Å². The highest BCUT2D eigenvalue weighted by Gasteiger charge is 2.12. The molecule has 1 saturated heterocycles. The first-order valence-corrected chi connectivity index (χ1v) is 6.52. The van der Waals surface area contributed by atoms with Crippen molar-refractivity contribution in [3.05, 3.63) is 28.8 Å². The maximum absolute atomic E-state index is 11.7. The number of H-pyrrole nitrogens is 1. The maximum Gasteiger partial charge on any atom is 0.258 e. The molecule has 0 spiro atoms. The average Bonchev–Trinajstić information content (AvgIpc) is 2.42. The summed E-state index contributed by atoms with van der Waals surface area (Å²) in [6.45, 7) is 2.03. The molecule has 6 heteroatoms. The largest absolute Gasteiger partial charge is 0.397 e. The van der Waals surface area contributed by atoms with Crippen molar-refractivity contribution < 1.29 is 0 Å². The van der Waals surface area contributed by atoms with Gasteiger partial charge in [0.15, 0.2) is 0 Å². The Hall–Kier alpha value is -2.08. The molecule has 4 N–H and O–H groups in total. The molecule has 0 atom stereocenters. The molecular weight excluding hydrogens is 242 g/mol. The van der Waals surface area contributed by atoms with Gasteiger partial charge in [0.2, 0.25) is 0 Å². The molecule has 1 fully saturated rings. The number of nitrogen functional groups attached to an aromatic ring is 1. The fourth-order valence-electron chi connectivity index (χ4n) is 2.40. The molecular formula is C13H17N5O. The lowest BCUT2D eigenvalue weighted by Gasteiger charge is -2.28. The van der Waals surface area contributed by atoms with E-state index in [1.165, 1.54) is 25.6 Å². The fraction of sp³-hybridized carbons (Fsp3) is 0.385. The van der Waals surface area contributed by atoms with Gasteiger partial charge >= 0.3 is 0 Å². The Kier molecular flexibility index (Phi) is 3.08. The Balaban J connectivity index is 1.95. The number of benzene rings is 1. The third-order valence-electron chi connectivity index (χ3n) is 3.45. The third kappa shape index (κ3) is 2.39. The first kappa shape index (κ1) is 12.0. The fourth-order valence-corrected chi connectivity index (χ4v) is 2.40. The minimum atomic E-state index is -0.166. The molecule has 100 valence electrons. The molecule has 0 saturated carbocycles. The maximum atomic E-state index is 11.7. The van der Waals surface area contributed by atoms with Crippen molar-refractivity contribution >= 4 is 22.3 Å². The van der Waals surface area contributed by atoms with Crippen LogP contribution in [0.25, 0.3) is 10.9 Å². The summed E-state index contributed by atoms with van der Waals surface area (Å²) < 4.78 is 0. The predicted molar refractivity (Wildman–Crippen MR) is 75.8 cm³/mol. The molecule has 19 heavy (non-hydrogen) atoms. The first-order chi connectivity index (χ1) is 9.24. The molecule has 1 aliphatic heterocycles. The number of aromatic nitrogens is 2. The van der Waals surface area contributed by atoms with E-state index in [-0.39, 0.29) is 5.56 Å². The minimum absolute atomic E-state index is 0.166. The third-order valence-corrected chi connectivity index (χ3v) is 3.45. The Morgan fingerprint density at radius 3 is 2.84 bits per heavy atom. The molecule has 1 aromatic heterocycles. The number of hydrogen-bond acceptors (Lipinski definition) is 5. The normalized spacial score (nSPS) is 16.6. The van der Waals surface area contributed by atoms with Crippen molar-refractivity contribution in [3.63, 3.8) is 0 Å². The van der Waals surface area contributed by atoms with Gasteiger partial charge in [-0.15, -0.1) is 0 Å². The van der Waals surface area contributed by atoms with Crippen LogP contribution in [0.4, 0.5) is 11.4 Å². The van der Waals surface area contributed by atoms with Crippen LogP contribution in [-0.4, -0.2) is 28.1 Å². The smallest absolute Gasteiger partial charge is 0.258 e. The summed E-state index contributed by atoms with van der Waals surface area (Å²) in [5.74, 6) is 0. The zero-order valence-electron chi connectivity index (χ0n) is 10.6. The van der Waals surface area contributed by atoms with Crippen molar-refractivity contribution in [1.29, 1.82) is 0 Å². The molecule has 2 aromatic rings. The van der Waals surface area contributed by atoms with Crippen LogP contribution < -0.4 is 16.7 Å². The van der Waals surface area contributed by atoms with Gasteiger partial charge in [0.1, 0.15) is 0 Å². The van der Waals surface area contributed by atoms with Crippen molar-refractivity contribution in [2.75, 3.05) is 24.2 Å². The number of nitrogens with zero attached hydrogens (tertiary/aromatic N) is 2. The molecule has 6 nitrogen and oxygen atoms in total. The number of aromatic amines is 1. The SMILES string of the molecule is Nc1cc2c(=O)[nH]cnc2cc1NN1CCCCC1. The zero-order valence-corrected chi connectivity index (χ0v) is 10.6. The van der Waals surface area contributed by atoms with E-state index in [1.54, 1.807) is 6.07 Å². The Labute approximate surface area is 110 Å². The van der Waals surface area contributed by atoms with E-state index < -0.39 is 0 Å². The number of piperidine rings is 1. The molecule has 1 aromatic carbocycles. The van der Waals surface area contributed by atoms with Gasteiger partial charge in [-0.1, -0.05) is 6.42 Å². The van der Waals surface area contributed by atoms with Crippen molar-refractivity contribution in [3.8, 4) is 0 Å². The van der Waals surface area contributed by atoms with E-state index >= 15 is 0 Å². The number of hydrazine groups is 1. The molecule has 0 amide bonds. The van der Waals surface area contributed by atoms with E-state index in [1.807, 2.05) is 6.07 Å². The highest BCUT2D eigenvalue weighted by Crippen LogP contribution is 2.24. The second-order valence-electron chi connectivity index (χ2n) is 4.85. The van der Waals surface area contributed by atoms with Gasteiger partial charge in [-0.2, -0.15) is 0 Å². The summed E-state index contributed by atoms with van der Waals surface area (Å²) in [6.07, 6.45) is 5.07. The first-order valence-electron chi connectivity index (χ1n) is 6.52. The quantitative estimate of drug-likeness (QED) is 0.708. The number of hydrogen-bond donors (Lipinski definition) is 3. The summed E-state index contributed by atoms with van der Waals surface area (Å²) in [6, 6.07) is 3.50. The van der Waals surface area contributed by atoms with Crippen molar-refractivity contribution in [1.82, 2.24) is 15.0 Å². The summed E-state index contributed by atoms with van der Waals surface area (Å²) in [5, 5.41) is 2.68. The summed E-state index contributed by atoms with van der Waals surface area (Å²) in [5.41, 5.74) is 11.2. The van der Waals surface area contributed by atoms with Crippen LogP contribution in [0.3, 0.4) is 0 Å². The van der Waals surface area contributed by atoms with E-state index in [9.17, 15) is 4.79 Å². The number of nitrogens with one attached hydrogen (secondary N) is 2. The van der Waals surface area contributed by atoms with Gasteiger partial charge in [-0.3, -0.25) is 4.79 Å². The topological polar surface area (TPSA) is 87.0 Å². The van der Waals surface area contributed by atoms with Crippen molar-refractivity contribution in [2.24, 2.45) is 0 Å². The molecule has 0 aliphatic carbocycles. The Morgan fingerprint density at radius 1 is 1.26 bits per heavy atom. The lowest BCUT2D eigenvalue weighted by atomic mass is 10.1. The number of anilines is 2. The zero-order chi connectivity index (χ0) is 13.2. The van der Waals surface area contributed by atoms with E-state index in [0.717, 1.165) is 18.8 Å². The van der Waals surface area contributed by atoms with Gasteiger partial charge in [-0.05, 0) is 25.0 Å². The second-order valence-corrected chi connectivity index (χ2v) is 4.85. The second kappa shape index (κ2) is 4.89.